The van der Waals surface area contributed by atoms with Crippen LogP contribution in [0, 0.1) is 12.3 Å². The van der Waals surface area contributed by atoms with Gasteiger partial charge >= 0.3 is 0 Å². The van der Waals surface area contributed by atoms with Gasteiger partial charge < -0.3 is 10.1 Å². The highest BCUT2D eigenvalue weighted by atomic mass is 35.5. The van der Waals surface area contributed by atoms with Crippen LogP contribution in [-0.2, 0) is 13.0 Å². The smallest absolute Gasteiger partial charge is 0.148 e. The molecule has 0 spiro atoms. The van der Waals surface area contributed by atoms with Crippen molar-refractivity contribution >= 4 is 17.3 Å². The van der Waals surface area contributed by atoms with Crippen molar-refractivity contribution in [1.29, 1.82) is 0 Å². The van der Waals surface area contributed by atoms with E-state index in [0.717, 1.165) is 23.4 Å². The third-order valence-corrected chi connectivity index (χ3v) is 3.41. The number of hydrogen-bond acceptors (Lipinski definition) is 2. The van der Waals surface area contributed by atoms with Gasteiger partial charge in [0.15, 0.2) is 0 Å². The van der Waals surface area contributed by atoms with Gasteiger partial charge in [-0.15, -0.1) is 6.42 Å². The number of hydrogen-bond donors (Lipinski definition) is 1. The van der Waals surface area contributed by atoms with Gasteiger partial charge in [-0.05, 0) is 42.3 Å². The zero-order chi connectivity index (χ0) is 15.1. The fourth-order valence-electron chi connectivity index (χ4n) is 2.00. The van der Waals surface area contributed by atoms with Gasteiger partial charge in [0.2, 0.25) is 0 Å². The molecule has 2 aromatic rings. The average molecular weight is 300 g/mol. The summed E-state index contributed by atoms with van der Waals surface area (Å²) in [5.41, 5.74) is 3.37. The Balaban J connectivity index is 2.07. The lowest BCUT2D eigenvalue weighted by Crippen LogP contribution is -2.03. The van der Waals surface area contributed by atoms with E-state index < -0.39 is 0 Å². The summed E-state index contributed by atoms with van der Waals surface area (Å²) in [7, 11) is 0. The Bertz CT molecular complexity index is 629. The van der Waals surface area contributed by atoms with Crippen LogP contribution < -0.4 is 10.1 Å². The first-order chi connectivity index (χ1) is 10.2. The van der Waals surface area contributed by atoms with E-state index in [0.29, 0.717) is 11.6 Å². The molecule has 2 aromatic carbocycles. The minimum Gasteiger partial charge on any atom is -0.481 e. The molecule has 0 radical (unpaired) electrons. The minimum atomic E-state index is 0.250. The molecule has 0 aliphatic rings. The number of ether oxygens (including phenoxy) is 1. The van der Waals surface area contributed by atoms with Crippen LogP contribution in [0.5, 0.6) is 5.75 Å². The average Bonchev–Trinajstić information content (AvgIpc) is 2.52. The molecule has 108 valence electrons. The van der Waals surface area contributed by atoms with Crippen molar-refractivity contribution < 1.29 is 4.74 Å². The summed E-state index contributed by atoms with van der Waals surface area (Å²) in [6.07, 6.45) is 6.27. The lowest BCUT2D eigenvalue weighted by Gasteiger charge is -2.12. The summed E-state index contributed by atoms with van der Waals surface area (Å²) in [5, 5.41) is 4.05. The molecule has 2 nitrogen and oxygen atoms in total. The van der Waals surface area contributed by atoms with Crippen LogP contribution in [0.4, 0.5) is 5.69 Å². The highest BCUT2D eigenvalue weighted by molar-refractivity contribution is 6.30. The number of benzene rings is 2. The van der Waals surface area contributed by atoms with E-state index in [-0.39, 0.29) is 6.61 Å². The Labute approximate surface area is 131 Å². The summed E-state index contributed by atoms with van der Waals surface area (Å²) in [5.74, 6) is 3.23. The van der Waals surface area contributed by atoms with Gasteiger partial charge in [-0.25, -0.2) is 0 Å². The second kappa shape index (κ2) is 7.61. The predicted molar refractivity (Wildman–Crippen MR) is 88.9 cm³/mol. The molecule has 2 rings (SSSR count). The van der Waals surface area contributed by atoms with Crippen LogP contribution in [0.2, 0.25) is 5.02 Å². The molecule has 0 bridgehead atoms. The van der Waals surface area contributed by atoms with E-state index in [2.05, 4.69) is 42.4 Å². The molecule has 0 amide bonds. The van der Waals surface area contributed by atoms with Gasteiger partial charge in [0.1, 0.15) is 12.4 Å². The summed E-state index contributed by atoms with van der Waals surface area (Å²) in [6.45, 7) is 3.02. The molecule has 0 unspecified atom stereocenters. The Morgan fingerprint density at radius 3 is 2.62 bits per heavy atom. The first-order valence-corrected chi connectivity index (χ1v) is 7.28. The third kappa shape index (κ3) is 4.44. The Morgan fingerprint density at radius 2 is 1.95 bits per heavy atom. The van der Waals surface area contributed by atoms with Crippen LogP contribution in [0.15, 0.2) is 42.5 Å². The largest absolute Gasteiger partial charge is 0.481 e. The first kappa shape index (κ1) is 15.3. The first-order valence-electron chi connectivity index (χ1n) is 6.90. The van der Waals surface area contributed by atoms with Crippen molar-refractivity contribution in [2.45, 2.75) is 19.9 Å². The summed E-state index contributed by atoms with van der Waals surface area (Å²) >= 11 is 6.05. The highest BCUT2D eigenvalue weighted by Gasteiger charge is 2.05. The van der Waals surface area contributed by atoms with Gasteiger partial charge in [-0.3, -0.25) is 0 Å². The number of aryl methyl sites for hydroxylation is 1. The van der Waals surface area contributed by atoms with Crippen molar-refractivity contribution in [3.05, 3.63) is 58.6 Å². The topological polar surface area (TPSA) is 21.3 Å². The van der Waals surface area contributed by atoms with Crippen LogP contribution in [0.25, 0.3) is 0 Å². The third-order valence-electron chi connectivity index (χ3n) is 3.18. The molecule has 0 aromatic heterocycles. The van der Waals surface area contributed by atoms with E-state index in [4.69, 9.17) is 22.8 Å². The molecule has 0 aliphatic carbocycles. The maximum Gasteiger partial charge on any atom is 0.148 e. The van der Waals surface area contributed by atoms with Gasteiger partial charge in [0.25, 0.3) is 0 Å². The van der Waals surface area contributed by atoms with Crippen molar-refractivity contribution in [1.82, 2.24) is 0 Å². The standard InChI is InChI=1S/C18H18ClNO/c1-3-11-21-18-10-7-16(19)12-15(18)13-20-17-8-5-14(4-2)6-9-17/h1,5-10,12,20H,4,11,13H2,2H3. The summed E-state index contributed by atoms with van der Waals surface area (Å²) in [4.78, 5) is 0. The Kier molecular flexibility index (Phi) is 5.54. The van der Waals surface area contributed by atoms with Gasteiger partial charge in [-0.1, -0.05) is 36.6 Å². The number of halogens is 1. The number of terminal acetylenes is 1. The molecule has 21 heavy (non-hydrogen) atoms. The zero-order valence-electron chi connectivity index (χ0n) is 12.0. The molecule has 3 heteroatoms. The maximum absolute atomic E-state index is 6.05. The zero-order valence-corrected chi connectivity index (χ0v) is 12.8. The molecule has 0 atom stereocenters. The predicted octanol–water partition coefficient (Wildman–Crippen LogP) is 4.53. The number of rotatable bonds is 6. The van der Waals surface area contributed by atoms with Crippen LogP contribution in [0.1, 0.15) is 18.1 Å². The highest BCUT2D eigenvalue weighted by Crippen LogP contribution is 2.24. The van der Waals surface area contributed by atoms with Crippen molar-refractivity contribution in [3.63, 3.8) is 0 Å². The molecule has 0 saturated heterocycles. The van der Waals surface area contributed by atoms with Gasteiger partial charge in [-0.2, -0.15) is 0 Å². The molecule has 0 aliphatic heterocycles. The van der Waals surface area contributed by atoms with Crippen LogP contribution in [-0.4, -0.2) is 6.61 Å². The Morgan fingerprint density at radius 1 is 1.19 bits per heavy atom. The molecule has 1 N–H and O–H groups in total. The maximum atomic E-state index is 6.05. The van der Waals surface area contributed by atoms with Crippen LogP contribution >= 0.6 is 11.6 Å². The Hall–Kier alpha value is -2.11. The van der Waals surface area contributed by atoms with Crippen molar-refractivity contribution in [2.24, 2.45) is 0 Å². The molecule has 0 saturated carbocycles. The quantitative estimate of drug-likeness (QED) is 0.792. The molecular formula is C18H18ClNO. The fourth-order valence-corrected chi connectivity index (χ4v) is 2.20. The minimum absolute atomic E-state index is 0.250. The van der Waals surface area contributed by atoms with E-state index in [1.165, 1.54) is 5.56 Å². The molecule has 0 fully saturated rings. The number of anilines is 1. The van der Waals surface area contributed by atoms with E-state index >= 15 is 0 Å². The monoisotopic (exact) mass is 299 g/mol. The normalized spacial score (nSPS) is 9.95. The van der Waals surface area contributed by atoms with E-state index in [1.54, 1.807) is 6.07 Å². The molecule has 0 heterocycles. The number of nitrogens with one attached hydrogen (secondary N) is 1. The summed E-state index contributed by atoms with van der Waals surface area (Å²) < 4.78 is 5.53. The SMILES string of the molecule is C#CCOc1ccc(Cl)cc1CNc1ccc(CC)cc1. The lowest BCUT2D eigenvalue weighted by atomic mass is 10.1. The second-order valence-corrected chi connectivity index (χ2v) is 5.09. The second-order valence-electron chi connectivity index (χ2n) is 4.65. The van der Waals surface area contributed by atoms with Gasteiger partial charge in [0.05, 0.1) is 0 Å². The summed E-state index contributed by atoms with van der Waals surface area (Å²) in [6, 6.07) is 13.9. The molecular weight excluding hydrogens is 282 g/mol. The van der Waals surface area contributed by atoms with E-state index in [1.807, 2.05) is 12.1 Å². The van der Waals surface area contributed by atoms with E-state index in [9.17, 15) is 0 Å². The van der Waals surface area contributed by atoms with Crippen molar-refractivity contribution in [3.8, 4) is 18.1 Å². The van der Waals surface area contributed by atoms with Crippen molar-refractivity contribution in [2.75, 3.05) is 11.9 Å². The van der Waals surface area contributed by atoms with Crippen LogP contribution in [0.3, 0.4) is 0 Å². The lowest BCUT2D eigenvalue weighted by molar-refractivity contribution is 0.366. The van der Waals surface area contributed by atoms with Gasteiger partial charge in [0, 0.05) is 22.8 Å². The fraction of sp³-hybridized carbons (Fsp3) is 0.222.